The van der Waals surface area contributed by atoms with Crippen LogP contribution in [0.1, 0.15) is 5.56 Å². The summed E-state index contributed by atoms with van der Waals surface area (Å²) in [5.41, 5.74) is 2.75. The van der Waals surface area contributed by atoms with Crippen LogP contribution < -0.4 is 10.2 Å². The van der Waals surface area contributed by atoms with Gasteiger partial charge in [0.25, 0.3) is 0 Å². The number of amides is 1. The van der Waals surface area contributed by atoms with E-state index < -0.39 is 0 Å². The largest absolute Gasteiger partial charge is 0.373 e. The Hall–Kier alpha value is -1.22. The van der Waals surface area contributed by atoms with Gasteiger partial charge in [-0.05, 0) is 24.6 Å². The highest BCUT2D eigenvalue weighted by molar-refractivity contribution is 6.34. The van der Waals surface area contributed by atoms with Crippen molar-refractivity contribution in [3.8, 4) is 0 Å². The van der Waals surface area contributed by atoms with Crippen molar-refractivity contribution in [2.24, 2.45) is 0 Å². The number of anilines is 2. The third-order valence-corrected chi connectivity index (χ3v) is 2.66. The molecule has 1 aliphatic heterocycles. The number of carbonyl (C=O) groups excluding carboxylic acids is 1. The van der Waals surface area contributed by atoms with Gasteiger partial charge in [0.2, 0.25) is 5.91 Å². The molecule has 2 rings (SSSR count). The Morgan fingerprint density at radius 2 is 2.21 bits per heavy atom. The van der Waals surface area contributed by atoms with Gasteiger partial charge in [0, 0.05) is 7.05 Å². The first-order valence-corrected chi connectivity index (χ1v) is 4.78. The molecule has 4 heteroatoms. The molecule has 1 heterocycles. The molecule has 1 aliphatic rings. The van der Waals surface area contributed by atoms with E-state index >= 15 is 0 Å². The normalized spacial score (nSPS) is 15.1. The van der Waals surface area contributed by atoms with Crippen molar-refractivity contribution in [2.75, 3.05) is 23.8 Å². The molecule has 3 nitrogen and oxygen atoms in total. The lowest BCUT2D eigenvalue weighted by Crippen LogP contribution is -2.36. The minimum atomic E-state index is 0.0548. The van der Waals surface area contributed by atoms with Gasteiger partial charge in [-0.3, -0.25) is 4.79 Å². The second-order valence-electron chi connectivity index (χ2n) is 3.45. The van der Waals surface area contributed by atoms with Gasteiger partial charge in [-0.1, -0.05) is 11.6 Å². The zero-order chi connectivity index (χ0) is 10.3. The molecular formula is C10H11ClN2O. The van der Waals surface area contributed by atoms with Crippen LogP contribution >= 0.6 is 11.6 Å². The monoisotopic (exact) mass is 210 g/mol. The molecule has 1 aromatic rings. The van der Waals surface area contributed by atoms with Gasteiger partial charge in [-0.2, -0.15) is 0 Å². The average molecular weight is 211 g/mol. The van der Waals surface area contributed by atoms with Crippen molar-refractivity contribution in [3.05, 3.63) is 22.7 Å². The van der Waals surface area contributed by atoms with E-state index in [1.165, 1.54) is 0 Å². The Morgan fingerprint density at radius 3 is 2.93 bits per heavy atom. The van der Waals surface area contributed by atoms with E-state index in [-0.39, 0.29) is 5.91 Å². The summed E-state index contributed by atoms with van der Waals surface area (Å²) in [6.07, 6.45) is 0. The number of nitrogens with one attached hydrogen (secondary N) is 1. The minimum Gasteiger partial charge on any atom is -0.373 e. The van der Waals surface area contributed by atoms with Crippen LogP contribution in [0.5, 0.6) is 0 Å². The van der Waals surface area contributed by atoms with Crippen LogP contribution in [0.4, 0.5) is 11.4 Å². The first-order chi connectivity index (χ1) is 6.59. The van der Waals surface area contributed by atoms with Crippen LogP contribution in [0, 0.1) is 6.92 Å². The smallest absolute Gasteiger partial charge is 0.246 e. The molecule has 1 N–H and O–H groups in total. The molecule has 0 saturated heterocycles. The predicted octanol–water partition coefficient (Wildman–Crippen LogP) is 2.04. The number of likely N-dealkylation sites (N-methyl/N-ethyl adjacent to an activating group) is 1. The van der Waals surface area contributed by atoms with Gasteiger partial charge < -0.3 is 10.2 Å². The summed E-state index contributed by atoms with van der Waals surface area (Å²) in [6.45, 7) is 2.27. The first kappa shape index (κ1) is 9.34. The van der Waals surface area contributed by atoms with Crippen LogP contribution in [0.3, 0.4) is 0 Å². The highest BCUT2D eigenvalue weighted by Crippen LogP contribution is 2.36. The Balaban J connectivity index is 2.59. The number of hydrogen-bond donors (Lipinski definition) is 1. The maximum atomic E-state index is 11.4. The molecule has 1 aromatic carbocycles. The number of benzene rings is 1. The predicted molar refractivity (Wildman–Crippen MR) is 58.1 cm³/mol. The Morgan fingerprint density at radius 1 is 1.50 bits per heavy atom. The lowest BCUT2D eigenvalue weighted by molar-refractivity contribution is -0.116. The molecule has 0 atom stereocenters. The van der Waals surface area contributed by atoms with Crippen LogP contribution in [0.15, 0.2) is 12.1 Å². The fraction of sp³-hybridized carbons (Fsp3) is 0.300. The summed E-state index contributed by atoms with van der Waals surface area (Å²) in [5.74, 6) is 0.0548. The third-order valence-electron chi connectivity index (χ3n) is 2.37. The summed E-state index contributed by atoms with van der Waals surface area (Å²) >= 11 is 6.06. The number of rotatable bonds is 0. The molecule has 0 spiro atoms. The first-order valence-electron chi connectivity index (χ1n) is 4.40. The van der Waals surface area contributed by atoms with Gasteiger partial charge in [-0.15, -0.1) is 0 Å². The third kappa shape index (κ3) is 1.34. The zero-order valence-electron chi connectivity index (χ0n) is 8.10. The molecule has 0 radical (unpaired) electrons. The zero-order valence-corrected chi connectivity index (χ0v) is 8.85. The topological polar surface area (TPSA) is 32.3 Å². The van der Waals surface area contributed by atoms with E-state index in [9.17, 15) is 4.79 Å². The van der Waals surface area contributed by atoms with Gasteiger partial charge >= 0.3 is 0 Å². The van der Waals surface area contributed by atoms with Crippen LogP contribution in [0.2, 0.25) is 5.02 Å². The molecule has 74 valence electrons. The van der Waals surface area contributed by atoms with E-state index in [0.29, 0.717) is 11.6 Å². The average Bonchev–Trinajstić information content (AvgIpc) is 2.12. The molecule has 0 aliphatic carbocycles. The fourth-order valence-corrected chi connectivity index (χ4v) is 1.92. The highest BCUT2D eigenvalue weighted by atomic mass is 35.5. The van der Waals surface area contributed by atoms with E-state index in [2.05, 4.69) is 5.32 Å². The lowest BCUT2D eigenvalue weighted by Gasteiger charge is -2.27. The van der Waals surface area contributed by atoms with Gasteiger partial charge in [0.1, 0.15) is 0 Å². The minimum absolute atomic E-state index is 0.0548. The van der Waals surface area contributed by atoms with E-state index in [0.717, 1.165) is 16.9 Å². The van der Waals surface area contributed by atoms with E-state index in [1.54, 1.807) is 11.9 Å². The second kappa shape index (κ2) is 3.17. The molecule has 14 heavy (non-hydrogen) atoms. The van der Waals surface area contributed by atoms with Crippen molar-refractivity contribution in [2.45, 2.75) is 6.92 Å². The number of carbonyl (C=O) groups is 1. The van der Waals surface area contributed by atoms with E-state index in [4.69, 9.17) is 11.6 Å². The molecule has 0 saturated carbocycles. The van der Waals surface area contributed by atoms with Gasteiger partial charge in [0.05, 0.1) is 22.9 Å². The van der Waals surface area contributed by atoms with Gasteiger partial charge in [0.15, 0.2) is 0 Å². The van der Waals surface area contributed by atoms with Crippen LogP contribution in [-0.4, -0.2) is 19.5 Å². The number of nitrogens with zero attached hydrogens (tertiary/aromatic N) is 1. The van der Waals surface area contributed by atoms with Crippen LogP contribution in [-0.2, 0) is 4.79 Å². The van der Waals surface area contributed by atoms with Crippen LogP contribution in [0.25, 0.3) is 0 Å². The van der Waals surface area contributed by atoms with Crippen molar-refractivity contribution < 1.29 is 4.79 Å². The Bertz CT molecular complexity index is 403. The van der Waals surface area contributed by atoms with E-state index in [1.807, 2.05) is 19.1 Å². The maximum Gasteiger partial charge on any atom is 0.246 e. The van der Waals surface area contributed by atoms with Crippen molar-refractivity contribution in [1.82, 2.24) is 0 Å². The van der Waals surface area contributed by atoms with Gasteiger partial charge in [-0.25, -0.2) is 0 Å². The summed E-state index contributed by atoms with van der Waals surface area (Å²) in [5, 5.41) is 3.68. The molecular weight excluding hydrogens is 200 g/mol. The summed E-state index contributed by atoms with van der Waals surface area (Å²) in [4.78, 5) is 13.0. The maximum absolute atomic E-state index is 11.4. The summed E-state index contributed by atoms with van der Waals surface area (Å²) in [6, 6.07) is 3.84. The molecule has 0 aromatic heterocycles. The summed E-state index contributed by atoms with van der Waals surface area (Å²) in [7, 11) is 1.76. The second-order valence-corrected chi connectivity index (χ2v) is 3.85. The number of aryl methyl sites for hydroxylation is 1. The molecule has 0 fully saturated rings. The molecule has 1 amide bonds. The number of hydrogen-bond acceptors (Lipinski definition) is 2. The molecule has 0 bridgehead atoms. The Kier molecular flexibility index (Phi) is 2.11. The Labute approximate surface area is 87.7 Å². The quantitative estimate of drug-likeness (QED) is 0.711. The van der Waals surface area contributed by atoms with Crippen molar-refractivity contribution in [1.29, 1.82) is 0 Å². The SMILES string of the molecule is Cc1cc(Cl)c2c(c1)N(C)C(=O)CN2. The van der Waals surface area contributed by atoms with Crippen molar-refractivity contribution >= 4 is 28.9 Å². The highest BCUT2D eigenvalue weighted by Gasteiger charge is 2.22. The summed E-state index contributed by atoms with van der Waals surface area (Å²) < 4.78 is 0. The standard InChI is InChI=1S/C10H11ClN2O/c1-6-3-7(11)10-8(4-6)13(2)9(14)5-12-10/h3-4,12H,5H2,1-2H3. The lowest BCUT2D eigenvalue weighted by atomic mass is 10.1. The molecule has 0 unspecified atom stereocenters. The number of fused-ring (bicyclic) bond motifs is 1. The fourth-order valence-electron chi connectivity index (χ4n) is 1.58. The number of halogens is 1. The van der Waals surface area contributed by atoms with Crippen molar-refractivity contribution in [3.63, 3.8) is 0 Å².